The summed E-state index contributed by atoms with van der Waals surface area (Å²) in [5, 5.41) is 0. The predicted molar refractivity (Wildman–Crippen MR) is 63.9 cm³/mol. The lowest BCUT2D eigenvalue weighted by atomic mass is 9.67. The van der Waals surface area contributed by atoms with Crippen LogP contribution in [0.4, 0.5) is 0 Å². The fraction of sp³-hybridized carbons (Fsp3) is 0.857. The normalized spacial score (nSPS) is 25.3. The van der Waals surface area contributed by atoms with Crippen molar-refractivity contribution in [2.45, 2.75) is 58.3 Å². The van der Waals surface area contributed by atoms with E-state index in [1.54, 1.807) is 5.57 Å². The summed E-state index contributed by atoms with van der Waals surface area (Å²) < 4.78 is 5.54. The van der Waals surface area contributed by atoms with E-state index >= 15 is 0 Å². The van der Waals surface area contributed by atoms with E-state index in [2.05, 4.69) is 13.0 Å². The Kier molecular flexibility index (Phi) is 3.85. The third kappa shape index (κ3) is 2.84. The molecule has 1 heteroatoms. The summed E-state index contributed by atoms with van der Waals surface area (Å²) in [6, 6.07) is 0. The maximum absolute atomic E-state index is 5.54. The van der Waals surface area contributed by atoms with Gasteiger partial charge in [0.15, 0.2) is 0 Å². The number of ether oxygens (including phenoxy) is 1. The molecule has 0 saturated heterocycles. The number of allylic oxidation sites excluding steroid dienone is 1. The zero-order valence-electron chi connectivity index (χ0n) is 10.1. The minimum Gasteiger partial charge on any atom is -0.377 e. The fourth-order valence-corrected chi connectivity index (χ4v) is 3.24. The van der Waals surface area contributed by atoms with Crippen LogP contribution in [0.15, 0.2) is 11.6 Å². The smallest absolute Gasteiger partial charge is 0.0676 e. The lowest BCUT2D eigenvalue weighted by Crippen LogP contribution is -2.25. The van der Waals surface area contributed by atoms with Gasteiger partial charge in [-0.25, -0.2) is 0 Å². The van der Waals surface area contributed by atoms with Crippen molar-refractivity contribution in [2.75, 3.05) is 13.2 Å². The van der Waals surface area contributed by atoms with Crippen molar-refractivity contribution in [3.63, 3.8) is 0 Å². The first-order valence-corrected chi connectivity index (χ1v) is 6.63. The van der Waals surface area contributed by atoms with Gasteiger partial charge >= 0.3 is 0 Å². The van der Waals surface area contributed by atoms with Gasteiger partial charge in [0, 0.05) is 6.61 Å². The first-order chi connectivity index (χ1) is 7.35. The van der Waals surface area contributed by atoms with Crippen molar-refractivity contribution in [1.29, 1.82) is 0 Å². The van der Waals surface area contributed by atoms with Crippen molar-refractivity contribution >= 4 is 0 Å². The minimum absolute atomic E-state index is 0.586. The molecule has 1 nitrogen and oxygen atoms in total. The summed E-state index contributed by atoms with van der Waals surface area (Å²) >= 11 is 0. The van der Waals surface area contributed by atoms with Gasteiger partial charge in [-0.1, -0.05) is 25.3 Å². The Balaban J connectivity index is 1.99. The summed E-state index contributed by atoms with van der Waals surface area (Å²) in [7, 11) is 0. The Hall–Kier alpha value is -0.300. The van der Waals surface area contributed by atoms with Crippen molar-refractivity contribution in [3.05, 3.63) is 11.6 Å². The molecule has 0 aromatic rings. The molecule has 0 heterocycles. The molecule has 0 amide bonds. The molecule has 0 aromatic heterocycles. The van der Waals surface area contributed by atoms with Crippen LogP contribution in [0.25, 0.3) is 0 Å². The molecule has 0 N–H and O–H groups in total. The maximum atomic E-state index is 5.54. The van der Waals surface area contributed by atoms with Crippen LogP contribution in [0.5, 0.6) is 0 Å². The molecular weight excluding hydrogens is 184 g/mol. The summed E-state index contributed by atoms with van der Waals surface area (Å²) in [6.45, 7) is 3.82. The average molecular weight is 208 g/mol. The highest BCUT2D eigenvalue weighted by Crippen LogP contribution is 2.45. The highest BCUT2D eigenvalue weighted by Gasteiger charge is 2.31. The van der Waals surface area contributed by atoms with Gasteiger partial charge in [-0.2, -0.15) is 0 Å². The van der Waals surface area contributed by atoms with Crippen LogP contribution in [0, 0.1) is 5.41 Å². The summed E-state index contributed by atoms with van der Waals surface area (Å²) in [6.07, 6.45) is 13.9. The molecule has 0 unspecified atom stereocenters. The quantitative estimate of drug-likeness (QED) is 0.635. The molecule has 0 radical (unpaired) electrons. The topological polar surface area (TPSA) is 9.23 Å². The molecule has 0 bridgehead atoms. The van der Waals surface area contributed by atoms with Crippen molar-refractivity contribution < 1.29 is 4.74 Å². The predicted octanol–water partition coefficient (Wildman–Crippen LogP) is 4.08. The number of hydrogen-bond acceptors (Lipinski definition) is 1. The first kappa shape index (κ1) is 11.2. The van der Waals surface area contributed by atoms with E-state index in [-0.39, 0.29) is 0 Å². The Morgan fingerprint density at radius 1 is 1.13 bits per heavy atom. The average Bonchev–Trinajstić information content (AvgIpc) is 2.28. The van der Waals surface area contributed by atoms with Crippen molar-refractivity contribution in [2.24, 2.45) is 5.41 Å². The van der Waals surface area contributed by atoms with Crippen LogP contribution in [0.1, 0.15) is 58.3 Å². The van der Waals surface area contributed by atoms with Crippen LogP contribution in [-0.4, -0.2) is 13.2 Å². The monoisotopic (exact) mass is 208 g/mol. The molecule has 0 aromatic carbocycles. The first-order valence-electron chi connectivity index (χ1n) is 6.63. The fourth-order valence-electron chi connectivity index (χ4n) is 3.24. The molecule has 0 aliphatic heterocycles. The third-order valence-corrected chi connectivity index (χ3v) is 4.02. The van der Waals surface area contributed by atoms with Gasteiger partial charge in [0.2, 0.25) is 0 Å². The number of hydrogen-bond donors (Lipinski definition) is 0. The van der Waals surface area contributed by atoms with Gasteiger partial charge in [-0.3, -0.25) is 0 Å². The van der Waals surface area contributed by atoms with Gasteiger partial charge in [-0.15, -0.1) is 0 Å². The van der Waals surface area contributed by atoms with E-state index in [9.17, 15) is 0 Å². The van der Waals surface area contributed by atoms with Crippen LogP contribution in [-0.2, 0) is 4.74 Å². The molecule has 15 heavy (non-hydrogen) atoms. The maximum Gasteiger partial charge on any atom is 0.0676 e. The largest absolute Gasteiger partial charge is 0.377 e. The zero-order valence-corrected chi connectivity index (χ0v) is 10.1. The lowest BCUT2D eigenvalue weighted by Gasteiger charge is -2.38. The molecule has 86 valence electrons. The van der Waals surface area contributed by atoms with Gasteiger partial charge in [-0.05, 0) is 50.0 Å². The lowest BCUT2D eigenvalue weighted by molar-refractivity contribution is 0.158. The van der Waals surface area contributed by atoms with E-state index < -0.39 is 0 Å². The second-order valence-corrected chi connectivity index (χ2v) is 5.22. The number of rotatable bonds is 3. The molecule has 0 atom stereocenters. The van der Waals surface area contributed by atoms with E-state index in [0.29, 0.717) is 5.41 Å². The summed E-state index contributed by atoms with van der Waals surface area (Å²) in [4.78, 5) is 0. The molecular formula is C14H24O. The van der Waals surface area contributed by atoms with Gasteiger partial charge in [0.1, 0.15) is 0 Å². The SMILES string of the molecule is CCOCC1=CC2(CCCCC2)CCC1. The van der Waals surface area contributed by atoms with Gasteiger partial charge < -0.3 is 4.74 Å². The van der Waals surface area contributed by atoms with Gasteiger partial charge in [0.05, 0.1) is 6.61 Å². The highest BCUT2D eigenvalue weighted by molar-refractivity contribution is 5.14. The second kappa shape index (κ2) is 5.16. The second-order valence-electron chi connectivity index (χ2n) is 5.22. The standard InChI is InChI=1S/C14H24O/c1-2-15-12-13-7-6-10-14(11-13)8-4-3-5-9-14/h11H,2-10,12H2,1H3. The van der Waals surface area contributed by atoms with Crippen LogP contribution in [0.3, 0.4) is 0 Å². The summed E-state index contributed by atoms with van der Waals surface area (Å²) in [5.74, 6) is 0. The van der Waals surface area contributed by atoms with Crippen molar-refractivity contribution in [3.8, 4) is 0 Å². The zero-order chi connectivity index (χ0) is 10.6. The highest BCUT2D eigenvalue weighted by atomic mass is 16.5. The Labute approximate surface area is 93.9 Å². The molecule has 2 rings (SSSR count). The van der Waals surface area contributed by atoms with E-state index in [1.165, 1.54) is 51.4 Å². The van der Waals surface area contributed by atoms with E-state index in [1.807, 2.05) is 0 Å². The van der Waals surface area contributed by atoms with Crippen LogP contribution >= 0.6 is 0 Å². The van der Waals surface area contributed by atoms with Crippen molar-refractivity contribution in [1.82, 2.24) is 0 Å². The van der Waals surface area contributed by atoms with Crippen LogP contribution < -0.4 is 0 Å². The Morgan fingerprint density at radius 2 is 1.87 bits per heavy atom. The minimum atomic E-state index is 0.586. The van der Waals surface area contributed by atoms with E-state index in [4.69, 9.17) is 4.74 Å². The van der Waals surface area contributed by atoms with Crippen LogP contribution in [0.2, 0.25) is 0 Å². The Bertz CT molecular complexity index is 223. The molecule has 1 saturated carbocycles. The Morgan fingerprint density at radius 3 is 2.60 bits per heavy atom. The molecule has 2 aliphatic carbocycles. The molecule has 2 aliphatic rings. The van der Waals surface area contributed by atoms with E-state index in [0.717, 1.165) is 13.2 Å². The molecule has 1 spiro atoms. The van der Waals surface area contributed by atoms with Gasteiger partial charge in [0.25, 0.3) is 0 Å². The molecule has 1 fully saturated rings. The third-order valence-electron chi connectivity index (χ3n) is 4.02. The summed E-state index contributed by atoms with van der Waals surface area (Å²) in [5.41, 5.74) is 2.16.